The van der Waals surface area contributed by atoms with E-state index in [2.05, 4.69) is 4.98 Å². The number of aromatic nitrogens is 2. The number of nitrogens with zero attached hydrogens (tertiary/aromatic N) is 2. The van der Waals surface area contributed by atoms with E-state index in [4.69, 9.17) is 11.6 Å². The molecule has 1 N–H and O–H groups in total. The summed E-state index contributed by atoms with van der Waals surface area (Å²) in [6, 6.07) is 20.9. The fourth-order valence-electron chi connectivity index (χ4n) is 2.76. The molecule has 0 unspecified atom stereocenters. The second kappa shape index (κ2) is 5.45. The molecule has 112 valence electrons. The minimum absolute atomic E-state index is 0.245. The summed E-state index contributed by atoms with van der Waals surface area (Å²) in [5.41, 5.74) is 4.81. The van der Waals surface area contributed by atoms with E-state index in [0.717, 1.165) is 27.8 Å². The minimum atomic E-state index is 0.245. The molecule has 0 saturated heterocycles. The predicted molar refractivity (Wildman–Crippen MR) is 93.2 cm³/mol. The normalized spacial score (nSPS) is 11.0. The largest absolute Gasteiger partial charge is 0.508 e. The highest BCUT2D eigenvalue weighted by Gasteiger charge is 2.12. The number of benzene rings is 3. The Balaban J connectivity index is 1.94. The van der Waals surface area contributed by atoms with Crippen molar-refractivity contribution in [3.8, 4) is 22.6 Å². The van der Waals surface area contributed by atoms with E-state index in [1.807, 2.05) is 59.2 Å². The second-order valence-electron chi connectivity index (χ2n) is 5.28. The molecular formula is C19H13ClN2O. The van der Waals surface area contributed by atoms with Crippen molar-refractivity contribution in [1.82, 2.24) is 9.55 Å². The van der Waals surface area contributed by atoms with Crippen LogP contribution < -0.4 is 0 Å². The van der Waals surface area contributed by atoms with E-state index in [-0.39, 0.29) is 5.75 Å². The van der Waals surface area contributed by atoms with Crippen molar-refractivity contribution in [2.24, 2.45) is 0 Å². The van der Waals surface area contributed by atoms with Crippen LogP contribution in [0.1, 0.15) is 0 Å². The maximum absolute atomic E-state index is 9.45. The van der Waals surface area contributed by atoms with Gasteiger partial charge >= 0.3 is 0 Å². The van der Waals surface area contributed by atoms with Gasteiger partial charge in [-0.15, -0.1) is 0 Å². The first-order valence-corrected chi connectivity index (χ1v) is 7.62. The number of fused-ring (bicyclic) bond motifs is 1. The number of hydrogen-bond donors (Lipinski definition) is 1. The molecule has 4 rings (SSSR count). The van der Waals surface area contributed by atoms with Gasteiger partial charge in [-0.05, 0) is 36.4 Å². The van der Waals surface area contributed by atoms with E-state index >= 15 is 0 Å². The smallest absolute Gasteiger partial charge is 0.115 e. The Bertz CT molecular complexity index is 990. The standard InChI is InChI=1S/C19H13ClN2O/c20-17-6-2-1-4-15(17)16-5-3-7-18-19(16)21-12-22(18)13-8-10-14(23)11-9-13/h1-12,23H. The molecule has 0 aliphatic carbocycles. The molecule has 4 heteroatoms. The molecule has 0 aliphatic heterocycles. The third kappa shape index (κ3) is 2.35. The number of hydrogen-bond acceptors (Lipinski definition) is 2. The number of phenols is 1. The number of phenolic OH excluding ortho intramolecular Hbond substituents is 1. The topological polar surface area (TPSA) is 38.0 Å². The highest BCUT2D eigenvalue weighted by molar-refractivity contribution is 6.33. The molecule has 3 aromatic carbocycles. The van der Waals surface area contributed by atoms with Gasteiger partial charge in [-0.2, -0.15) is 0 Å². The molecule has 0 spiro atoms. The lowest BCUT2D eigenvalue weighted by Crippen LogP contribution is -1.91. The highest BCUT2D eigenvalue weighted by atomic mass is 35.5. The van der Waals surface area contributed by atoms with Crippen LogP contribution in [0.2, 0.25) is 5.02 Å². The van der Waals surface area contributed by atoms with Crippen LogP contribution in [0.5, 0.6) is 5.75 Å². The average molecular weight is 321 g/mol. The van der Waals surface area contributed by atoms with Gasteiger partial charge < -0.3 is 5.11 Å². The Morgan fingerprint density at radius 1 is 0.826 bits per heavy atom. The third-order valence-corrected chi connectivity index (χ3v) is 4.20. The molecule has 3 nitrogen and oxygen atoms in total. The zero-order valence-electron chi connectivity index (χ0n) is 12.1. The van der Waals surface area contributed by atoms with Crippen molar-refractivity contribution < 1.29 is 5.11 Å². The van der Waals surface area contributed by atoms with E-state index in [1.54, 1.807) is 18.5 Å². The second-order valence-corrected chi connectivity index (χ2v) is 5.69. The number of para-hydroxylation sites is 1. The van der Waals surface area contributed by atoms with Gasteiger partial charge in [0, 0.05) is 21.8 Å². The van der Waals surface area contributed by atoms with Crippen LogP contribution in [-0.4, -0.2) is 14.7 Å². The number of imidazole rings is 1. The first-order valence-electron chi connectivity index (χ1n) is 7.24. The van der Waals surface area contributed by atoms with Crippen molar-refractivity contribution in [3.05, 3.63) is 78.1 Å². The monoisotopic (exact) mass is 320 g/mol. The van der Waals surface area contributed by atoms with E-state index in [9.17, 15) is 5.11 Å². The molecule has 4 aromatic rings. The zero-order valence-corrected chi connectivity index (χ0v) is 12.9. The van der Waals surface area contributed by atoms with Crippen molar-refractivity contribution in [1.29, 1.82) is 0 Å². The molecule has 1 aromatic heterocycles. The molecule has 0 aliphatic rings. The fraction of sp³-hybridized carbons (Fsp3) is 0. The van der Waals surface area contributed by atoms with Gasteiger partial charge in [-0.3, -0.25) is 4.57 Å². The first-order chi connectivity index (χ1) is 11.2. The Labute approximate surface area is 138 Å². The molecule has 23 heavy (non-hydrogen) atoms. The summed E-state index contributed by atoms with van der Waals surface area (Å²) >= 11 is 6.34. The summed E-state index contributed by atoms with van der Waals surface area (Å²) in [6.07, 6.45) is 1.79. The Morgan fingerprint density at radius 3 is 2.35 bits per heavy atom. The lowest BCUT2D eigenvalue weighted by molar-refractivity contribution is 0.475. The predicted octanol–water partition coefficient (Wildman–Crippen LogP) is 5.05. The van der Waals surface area contributed by atoms with Gasteiger partial charge in [-0.1, -0.05) is 41.9 Å². The first kappa shape index (κ1) is 13.9. The van der Waals surface area contributed by atoms with Gasteiger partial charge in [0.25, 0.3) is 0 Å². The summed E-state index contributed by atoms with van der Waals surface area (Å²) in [6.45, 7) is 0. The van der Waals surface area contributed by atoms with Gasteiger partial charge in [0.1, 0.15) is 12.1 Å². The van der Waals surface area contributed by atoms with Crippen molar-refractivity contribution >= 4 is 22.6 Å². The van der Waals surface area contributed by atoms with Gasteiger partial charge in [0.2, 0.25) is 0 Å². The van der Waals surface area contributed by atoms with Gasteiger partial charge in [0.05, 0.1) is 11.0 Å². The molecule has 0 amide bonds. The van der Waals surface area contributed by atoms with E-state index in [1.165, 1.54) is 0 Å². The SMILES string of the molecule is Oc1ccc(-n2cnc3c(-c4ccccc4Cl)cccc32)cc1. The van der Waals surface area contributed by atoms with Crippen LogP contribution >= 0.6 is 11.6 Å². The molecule has 0 bridgehead atoms. The van der Waals surface area contributed by atoms with Crippen LogP contribution in [0.3, 0.4) is 0 Å². The van der Waals surface area contributed by atoms with Gasteiger partial charge in [0.15, 0.2) is 0 Å². The molecule has 0 atom stereocenters. The lowest BCUT2D eigenvalue weighted by Gasteiger charge is -2.07. The maximum atomic E-state index is 9.45. The Hall–Kier alpha value is -2.78. The molecule has 1 heterocycles. The number of rotatable bonds is 2. The number of halogens is 1. The molecule has 0 radical (unpaired) electrons. The third-order valence-electron chi connectivity index (χ3n) is 3.87. The van der Waals surface area contributed by atoms with Crippen LogP contribution in [0.4, 0.5) is 0 Å². The van der Waals surface area contributed by atoms with Crippen molar-refractivity contribution in [3.63, 3.8) is 0 Å². The highest BCUT2D eigenvalue weighted by Crippen LogP contribution is 2.33. The Kier molecular flexibility index (Phi) is 3.28. The minimum Gasteiger partial charge on any atom is -0.508 e. The summed E-state index contributed by atoms with van der Waals surface area (Å²) in [7, 11) is 0. The Morgan fingerprint density at radius 2 is 1.57 bits per heavy atom. The van der Waals surface area contributed by atoms with Crippen molar-refractivity contribution in [2.45, 2.75) is 0 Å². The number of aromatic hydroxyl groups is 1. The van der Waals surface area contributed by atoms with E-state index in [0.29, 0.717) is 5.02 Å². The fourth-order valence-corrected chi connectivity index (χ4v) is 2.99. The summed E-state index contributed by atoms with van der Waals surface area (Å²) < 4.78 is 2.00. The average Bonchev–Trinajstić information content (AvgIpc) is 3.00. The molecule has 0 saturated carbocycles. The summed E-state index contributed by atoms with van der Waals surface area (Å²) in [5, 5.41) is 10.2. The van der Waals surface area contributed by atoms with Crippen LogP contribution in [-0.2, 0) is 0 Å². The van der Waals surface area contributed by atoms with Gasteiger partial charge in [-0.25, -0.2) is 4.98 Å². The molecular weight excluding hydrogens is 308 g/mol. The maximum Gasteiger partial charge on any atom is 0.115 e. The lowest BCUT2D eigenvalue weighted by atomic mass is 10.0. The van der Waals surface area contributed by atoms with E-state index < -0.39 is 0 Å². The summed E-state index contributed by atoms with van der Waals surface area (Å²) in [5.74, 6) is 0.245. The summed E-state index contributed by atoms with van der Waals surface area (Å²) in [4.78, 5) is 4.58. The van der Waals surface area contributed by atoms with Crippen LogP contribution in [0.25, 0.3) is 27.8 Å². The molecule has 0 fully saturated rings. The zero-order chi connectivity index (χ0) is 15.8. The van der Waals surface area contributed by atoms with Crippen LogP contribution in [0.15, 0.2) is 73.1 Å². The quantitative estimate of drug-likeness (QED) is 0.561. The van der Waals surface area contributed by atoms with Crippen LogP contribution in [0, 0.1) is 0 Å². The van der Waals surface area contributed by atoms with Crippen molar-refractivity contribution in [2.75, 3.05) is 0 Å².